The van der Waals surface area contributed by atoms with Gasteiger partial charge in [-0.3, -0.25) is 0 Å². The Hall–Kier alpha value is -1.61. The largest absolute Gasteiger partial charge is 0.396 e. The molecule has 20 heavy (non-hydrogen) atoms. The van der Waals surface area contributed by atoms with Gasteiger partial charge in [-0.1, -0.05) is 18.2 Å². The van der Waals surface area contributed by atoms with Gasteiger partial charge < -0.3 is 10.0 Å². The third-order valence-electron chi connectivity index (χ3n) is 4.24. The van der Waals surface area contributed by atoms with Crippen LogP contribution in [0.15, 0.2) is 30.3 Å². The van der Waals surface area contributed by atoms with Gasteiger partial charge in [-0.2, -0.15) is 0 Å². The molecular weight excluding hydrogens is 248 g/mol. The summed E-state index contributed by atoms with van der Waals surface area (Å²) in [6, 6.07) is 10.5. The van der Waals surface area contributed by atoms with E-state index in [1.165, 1.54) is 23.8 Å². The van der Waals surface area contributed by atoms with Crippen LogP contribution in [-0.2, 0) is 0 Å². The zero-order chi connectivity index (χ0) is 13.9. The highest BCUT2D eigenvalue weighted by atomic mass is 16.3. The lowest BCUT2D eigenvalue weighted by atomic mass is 9.95. The summed E-state index contributed by atoms with van der Waals surface area (Å²) in [5, 5.41) is 10.3. The number of hydrogen-bond acceptors (Lipinski definition) is 3. The van der Waals surface area contributed by atoms with Crippen LogP contribution in [0.1, 0.15) is 24.8 Å². The van der Waals surface area contributed by atoms with E-state index in [0.717, 1.165) is 30.8 Å². The molecule has 3 rings (SSSR count). The molecule has 1 aliphatic heterocycles. The van der Waals surface area contributed by atoms with Gasteiger partial charge in [0.15, 0.2) is 0 Å². The van der Waals surface area contributed by atoms with Crippen molar-refractivity contribution in [2.45, 2.75) is 26.2 Å². The van der Waals surface area contributed by atoms with Crippen LogP contribution in [0.4, 0.5) is 5.82 Å². The predicted molar refractivity (Wildman–Crippen MR) is 83.1 cm³/mol. The van der Waals surface area contributed by atoms with Crippen LogP contribution in [0, 0.1) is 12.8 Å². The molecule has 106 valence electrons. The van der Waals surface area contributed by atoms with Gasteiger partial charge in [0.25, 0.3) is 0 Å². The van der Waals surface area contributed by atoms with Gasteiger partial charge in [0.1, 0.15) is 5.82 Å². The molecule has 1 N–H and O–H groups in total. The number of para-hydroxylation sites is 1. The first-order chi connectivity index (χ1) is 9.78. The van der Waals surface area contributed by atoms with Crippen molar-refractivity contribution in [3.63, 3.8) is 0 Å². The molecule has 1 fully saturated rings. The number of nitrogens with zero attached hydrogens (tertiary/aromatic N) is 2. The third kappa shape index (κ3) is 2.63. The molecular formula is C17H22N2O. The number of fused-ring (bicyclic) bond motifs is 1. The van der Waals surface area contributed by atoms with Gasteiger partial charge in [0.05, 0.1) is 5.52 Å². The summed E-state index contributed by atoms with van der Waals surface area (Å²) < 4.78 is 0. The normalized spacial score (nSPS) is 19.5. The van der Waals surface area contributed by atoms with Crippen molar-refractivity contribution in [3.8, 4) is 0 Å². The fourth-order valence-corrected chi connectivity index (χ4v) is 3.21. The molecule has 3 nitrogen and oxygen atoms in total. The molecule has 0 spiro atoms. The molecule has 3 heteroatoms. The summed E-state index contributed by atoms with van der Waals surface area (Å²) in [5.41, 5.74) is 2.31. The SMILES string of the molecule is Cc1cc2ccccc2nc1N1CCCC(CCO)C1. The summed E-state index contributed by atoms with van der Waals surface area (Å²) in [7, 11) is 0. The number of benzene rings is 1. The van der Waals surface area contributed by atoms with Gasteiger partial charge >= 0.3 is 0 Å². The number of rotatable bonds is 3. The molecule has 1 aromatic heterocycles. The molecule has 0 amide bonds. The lowest BCUT2D eigenvalue weighted by Gasteiger charge is -2.34. The molecule has 1 aliphatic rings. The van der Waals surface area contributed by atoms with Crippen LogP contribution < -0.4 is 4.90 Å². The molecule has 1 aromatic carbocycles. The lowest BCUT2D eigenvalue weighted by molar-refractivity contribution is 0.244. The number of aliphatic hydroxyl groups is 1. The molecule has 0 saturated carbocycles. The molecule has 2 heterocycles. The standard InChI is InChI=1S/C17H22N2O/c1-13-11-15-6-2-3-7-16(15)18-17(13)19-9-4-5-14(12-19)8-10-20/h2-3,6-7,11,14,20H,4-5,8-10,12H2,1H3. The van der Waals surface area contributed by atoms with Crippen molar-refractivity contribution in [2.75, 3.05) is 24.6 Å². The van der Waals surface area contributed by atoms with Gasteiger partial charge in [0, 0.05) is 25.1 Å². The van der Waals surface area contributed by atoms with E-state index < -0.39 is 0 Å². The van der Waals surface area contributed by atoms with Crippen molar-refractivity contribution in [2.24, 2.45) is 5.92 Å². The minimum Gasteiger partial charge on any atom is -0.396 e. The Morgan fingerprint density at radius 3 is 3.05 bits per heavy atom. The summed E-state index contributed by atoms with van der Waals surface area (Å²) in [4.78, 5) is 7.25. The van der Waals surface area contributed by atoms with Crippen molar-refractivity contribution in [1.82, 2.24) is 4.98 Å². The van der Waals surface area contributed by atoms with Gasteiger partial charge in [-0.25, -0.2) is 4.98 Å². The number of pyridine rings is 1. The van der Waals surface area contributed by atoms with E-state index in [1.807, 2.05) is 6.07 Å². The highest BCUT2D eigenvalue weighted by Gasteiger charge is 2.21. The fourth-order valence-electron chi connectivity index (χ4n) is 3.21. The minimum atomic E-state index is 0.294. The molecule has 0 bridgehead atoms. The van der Waals surface area contributed by atoms with Crippen LogP contribution >= 0.6 is 0 Å². The van der Waals surface area contributed by atoms with E-state index >= 15 is 0 Å². The minimum absolute atomic E-state index is 0.294. The molecule has 0 radical (unpaired) electrons. The average molecular weight is 270 g/mol. The van der Waals surface area contributed by atoms with Crippen LogP contribution in [0.2, 0.25) is 0 Å². The smallest absolute Gasteiger partial charge is 0.132 e. The molecule has 1 unspecified atom stereocenters. The second kappa shape index (κ2) is 5.80. The molecule has 1 saturated heterocycles. The monoisotopic (exact) mass is 270 g/mol. The van der Waals surface area contributed by atoms with Crippen molar-refractivity contribution >= 4 is 16.7 Å². The second-order valence-corrected chi connectivity index (χ2v) is 5.79. The Labute approximate surface area is 120 Å². The lowest BCUT2D eigenvalue weighted by Crippen LogP contribution is -2.36. The van der Waals surface area contributed by atoms with E-state index in [1.54, 1.807) is 0 Å². The van der Waals surface area contributed by atoms with E-state index in [4.69, 9.17) is 10.1 Å². The molecule has 0 aliphatic carbocycles. The zero-order valence-corrected chi connectivity index (χ0v) is 12.0. The highest BCUT2D eigenvalue weighted by Crippen LogP contribution is 2.28. The average Bonchev–Trinajstić information content (AvgIpc) is 2.47. The first kappa shape index (κ1) is 13.4. The van der Waals surface area contributed by atoms with Crippen LogP contribution in [-0.4, -0.2) is 29.8 Å². The third-order valence-corrected chi connectivity index (χ3v) is 4.24. The number of aryl methyl sites for hydroxylation is 1. The Balaban J connectivity index is 1.90. The number of hydrogen-bond donors (Lipinski definition) is 1. The first-order valence-electron chi connectivity index (χ1n) is 7.50. The quantitative estimate of drug-likeness (QED) is 0.931. The fraction of sp³-hybridized carbons (Fsp3) is 0.471. The summed E-state index contributed by atoms with van der Waals surface area (Å²) in [6.45, 7) is 4.54. The molecule has 2 aromatic rings. The maximum absolute atomic E-state index is 9.14. The van der Waals surface area contributed by atoms with Crippen molar-refractivity contribution in [3.05, 3.63) is 35.9 Å². The van der Waals surface area contributed by atoms with Crippen molar-refractivity contribution in [1.29, 1.82) is 0 Å². The molecule has 1 atom stereocenters. The Bertz CT molecular complexity index is 595. The highest BCUT2D eigenvalue weighted by molar-refractivity contribution is 5.81. The first-order valence-corrected chi connectivity index (χ1v) is 7.50. The maximum atomic E-state index is 9.14. The number of aliphatic hydroxyl groups excluding tert-OH is 1. The Morgan fingerprint density at radius 1 is 1.35 bits per heavy atom. The van der Waals surface area contributed by atoms with Gasteiger partial charge in [-0.05, 0) is 49.8 Å². The predicted octanol–water partition coefficient (Wildman–Crippen LogP) is 3.14. The van der Waals surface area contributed by atoms with E-state index in [2.05, 4.69) is 36.1 Å². The Kier molecular flexibility index (Phi) is 3.88. The summed E-state index contributed by atoms with van der Waals surface area (Å²) >= 11 is 0. The maximum Gasteiger partial charge on any atom is 0.132 e. The second-order valence-electron chi connectivity index (χ2n) is 5.79. The van der Waals surface area contributed by atoms with Crippen LogP contribution in [0.3, 0.4) is 0 Å². The van der Waals surface area contributed by atoms with E-state index in [-0.39, 0.29) is 0 Å². The van der Waals surface area contributed by atoms with Gasteiger partial charge in [0.2, 0.25) is 0 Å². The summed E-state index contributed by atoms with van der Waals surface area (Å²) in [6.07, 6.45) is 3.32. The van der Waals surface area contributed by atoms with E-state index in [0.29, 0.717) is 12.5 Å². The zero-order valence-electron chi connectivity index (χ0n) is 12.0. The Morgan fingerprint density at radius 2 is 2.20 bits per heavy atom. The van der Waals surface area contributed by atoms with Crippen molar-refractivity contribution < 1.29 is 5.11 Å². The number of aromatic nitrogens is 1. The van der Waals surface area contributed by atoms with Crippen LogP contribution in [0.5, 0.6) is 0 Å². The van der Waals surface area contributed by atoms with Crippen LogP contribution in [0.25, 0.3) is 10.9 Å². The van der Waals surface area contributed by atoms with Gasteiger partial charge in [-0.15, -0.1) is 0 Å². The van der Waals surface area contributed by atoms with E-state index in [9.17, 15) is 0 Å². The number of anilines is 1. The number of piperidine rings is 1. The topological polar surface area (TPSA) is 36.4 Å². The summed E-state index contributed by atoms with van der Waals surface area (Å²) in [5.74, 6) is 1.72.